The second-order valence-electron chi connectivity index (χ2n) is 6.03. The Labute approximate surface area is 111 Å². The van der Waals surface area contributed by atoms with E-state index in [4.69, 9.17) is 9.47 Å². The molecule has 0 aromatic carbocycles. The van der Waals surface area contributed by atoms with Crippen molar-refractivity contribution in [2.24, 2.45) is 0 Å². The second kappa shape index (κ2) is 7.43. The normalized spacial score (nSPS) is 21.2. The first-order valence-electron chi connectivity index (χ1n) is 7.06. The molecule has 1 saturated heterocycles. The summed E-state index contributed by atoms with van der Waals surface area (Å²) in [7, 11) is 0. The van der Waals surface area contributed by atoms with Crippen LogP contribution in [0.2, 0.25) is 0 Å². The molecule has 1 N–H and O–H groups in total. The first-order valence-corrected chi connectivity index (χ1v) is 7.06. The van der Waals surface area contributed by atoms with Crippen LogP contribution in [0.25, 0.3) is 0 Å². The predicted molar refractivity (Wildman–Crippen MR) is 72.8 cm³/mol. The number of piperidine rings is 1. The van der Waals surface area contributed by atoms with Crippen molar-refractivity contribution in [2.75, 3.05) is 32.8 Å². The summed E-state index contributed by atoms with van der Waals surface area (Å²) in [5.41, 5.74) is -0.178. The van der Waals surface area contributed by atoms with E-state index in [9.17, 15) is 5.11 Å². The van der Waals surface area contributed by atoms with Gasteiger partial charge in [-0.3, -0.25) is 0 Å². The Morgan fingerprint density at radius 1 is 1.28 bits per heavy atom. The van der Waals surface area contributed by atoms with Gasteiger partial charge in [0, 0.05) is 26.2 Å². The van der Waals surface area contributed by atoms with Gasteiger partial charge in [0.25, 0.3) is 0 Å². The molecule has 0 saturated carbocycles. The number of likely N-dealkylation sites (tertiary alicyclic amines) is 1. The third-order valence-corrected chi connectivity index (χ3v) is 3.11. The van der Waals surface area contributed by atoms with Crippen LogP contribution in [0.15, 0.2) is 0 Å². The fourth-order valence-corrected chi connectivity index (χ4v) is 2.19. The zero-order chi connectivity index (χ0) is 13.6. The fourth-order valence-electron chi connectivity index (χ4n) is 2.19. The second-order valence-corrected chi connectivity index (χ2v) is 6.03. The van der Waals surface area contributed by atoms with Crippen LogP contribution in [-0.2, 0) is 9.47 Å². The summed E-state index contributed by atoms with van der Waals surface area (Å²) in [5, 5.41) is 9.94. The van der Waals surface area contributed by atoms with Crippen molar-refractivity contribution in [3.05, 3.63) is 0 Å². The quantitative estimate of drug-likeness (QED) is 0.788. The lowest BCUT2D eigenvalue weighted by Gasteiger charge is -2.33. The highest BCUT2D eigenvalue weighted by atomic mass is 16.5. The van der Waals surface area contributed by atoms with Gasteiger partial charge in [-0.2, -0.15) is 0 Å². The summed E-state index contributed by atoms with van der Waals surface area (Å²) >= 11 is 0. The van der Waals surface area contributed by atoms with Gasteiger partial charge in [-0.15, -0.1) is 0 Å². The minimum absolute atomic E-state index is 0.178. The highest BCUT2D eigenvalue weighted by molar-refractivity contribution is 4.75. The van der Waals surface area contributed by atoms with E-state index in [1.54, 1.807) is 0 Å². The van der Waals surface area contributed by atoms with Crippen LogP contribution in [0, 0.1) is 0 Å². The van der Waals surface area contributed by atoms with Crippen molar-refractivity contribution in [1.82, 2.24) is 4.90 Å². The Hall–Kier alpha value is -0.160. The first-order chi connectivity index (χ1) is 8.40. The van der Waals surface area contributed by atoms with Gasteiger partial charge in [-0.25, -0.2) is 0 Å². The molecule has 4 heteroatoms. The standard InChI is InChI=1S/C14H29NO3/c1-5-17-13-6-8-15(9-7-13)10-12(16)11-18-14(2,3)4/h12-13,16H,5-11H2,1-4H3. The van der Waals surface area contributed by atoms with E-state index in [1.807, 2.05) is 27.7 Å². The zero-order valence-electron chi connectivity index (χ0n) is 12.3. The molecule has 0 spiro atoms. The van der Waals surface area contributed by atoms with Gasteiger partial charge in [0.2, 0.25) is 0 Å². The maximum atomic E-state index is 9.94. The Morgan fingerprint density at radius 2 is 1.89 bits per heavy atom. The number of nitrogens with zero attached hydrogens (tertiary/aromatic N) is 1. The largest absolute Gasteiger partial charge is 0.389 e. The van der Waals surface area contributed by atoms with Gasteiger partial charge in [0.05, 0.1) is 24.4 Å². The monoisotopic (exact) mass is 259 g/mol. The maximum absolute atomic E-state index is 9.94. The van der Waals surface area contributed by atoms with Gasteiger partial charge in [0.15, 0.2) is 0 Å². The molecule has 4 nitrogen and oxygen atoms in total. The molecule has 1 aliphatic rings. The van der Waals surface area contributed by atoms with Crippen LogP contribution in [0.1, 0.15) is 40.5 Å². The molecule has 0 aromatic rings. The third kappa shape index (κ3) is 6.69. The summed E-state index contributed by atoms with van der Waals surface area (Å²) in [6.45, 7) is 12.0. The summed E-state index contributed by atoms with van der Waals surface area (Å²) in [4.78, 5) is 2.30. The van der Waals surface area contributed by atoms with Gasteiger partial charge < -0.3 is 19.5 Å². The molecular formula is C14H29NO3. The molecule has 0 radical (unpaired) electrons. The molecule has 1 atom stereocenters. The lowest BCUT2D eigenvalue weighted by atomic mass is 10.1. The summed E-state index contributed by atoms with van der Waals surface area (Å²) in [6.07, 6.45) is 2.16. The zero-order valence-corrected chi connectivity index (χ0v) is 12.3. The highest BCUT2D eigenvalue weighted by Gasteiger charge is 2.22. The Balaban J connectivity index is 2.16. The Bertz CT molecular complexity index is 220. The molecule has 0 aliphatic carbocycles. The van der Waals surface area contributed by atoms with Crippen LogP contribution >= 0.6 is 0 Å². The van der Waals surface area contributed by atoms with Crippen molar-refractivity contribution in [2.45, 2.75) is 58.3 Å². The van der Waals surface area contributed by atoms with E-state index in [1.165, 1.54) is 0 Å². The van der Waals surface area contributed by atoms with Crippen LogP contribution in [-0.4, -0.2) is 60.7 Å². The Kier molecular flexibility index (Phi) is 6.57. The number of hydrogen-bond donors (Lipinski definition) is 1. The van der Waals surface area contributed by atoms with Crippen LogP contribution < -0.4 is 0 Å². The minimum atomic E-state index is -0.395. The lowest BCUT2D eigenvalue weighted by Crippen LogP contribution is -2.42. The van der Waals surface area contributed by atoms with E-state index < -0.39 is 6.10 Å². The number of hydrogen-bond acceptors (Lipinski definition) is 4. The van der Waals surface area contributed by atoms with Crippen LogP contribution in [0.3, 0.4) is 0 Å². The van der Waals surface area contributed by atoms with Gasteiger partial charge in [-0.1, -0.05) is 0 Å². The molecule has 0 aromatic heterocycles. The molecule has 108 valence electrons. The lowest BCUT2D eigenvalue weighted by molar-refractivity contribution is -0.0614. The average Bonchev–Trinajstić information content (AvgIpc) is 2.29. The molecule has 1 aliphatic heterocycles. The first kappa shape index (κ1) is 15.9. The van der Waals surface area contributed by atoms with E-state index in [0.29, 0.717) is 19.3 Å². The average molecular weight is 259 g/mol. The predicted octanol–water partition coefficient (Wildman–Crippen LogP) is 1.66. The van der Waals surface area contributed by atoms with Crippen LogP contribution in [0.5, 0.6) is 0 Å². The van der Waals surface area contributed by atoms with E-state index in [-0.39, 0.29) is 5.60 Å². The van der Waals surface area contributed by atoms with Crippen molar-refractivity contribution < 1.29 is 14.6 Å². The van der Waals surface area contributed by atoms with E-state index in [0.717, 1.165) is 32.5 Å². The van der Waals surface area contributed by atoms with Crippen molar-refractivity contribution in [3.8, 4) is 0 Å². The van der Waals surface area contributed by atoms with Crippen LogP contribution in [0.4, 0.5) is 0 Å². The molecule has 1 fully saturated rings. The highest BCUT2D eigenvalue weighted by Crippen LogP contribution is 2.14. The molecule has 1 heterocycles. The fraction of sp³-hybridized carbons (Fsp3) is 1.00. The Morgan fingerprint density at radius 3 is 2.39 bits per heavy atom. The van der Waals surface area contributed by atoms with E-state index in [2.05, 4.69) is 4.90 Å². The molecule has 0 bridgehead atoms. The van der Waals surface area contributed by atoms with Gasteiger partial charge in [0.1, 0.15) is 0 Å². The summed E-state index contributed by atoms with van der Waals surface area (Å²) in [5.74, 6) is 0. The van der Waals surface area contributed by atoms with E-state index >= 15 is 0 Å². The summed E-state index contributed by atoms with van der Waals surface area (Å²) < 4.78 is 11.2. The molecule has 0 amide bonds. The SMILES string of the molecule is CCOC1CCN(CC(O)COC(C)(C)C)CC1. The molecular weight excluding hydrogens is 230 g/mol. The molecule has 18 heavy (non-hydrogen) atoms. The molecule has 1 rings (SSSR count). The third-order valence-electron chi connectivity index (χ3n) is 3.11. The summed E-state index contributed by atoms with van der Waals surface area (Å²) in [6, 6.07) is 0. The maximum Gasteiger partial charge on any atom is 0.0900 e. The van der Waals surface area contributed by atoms with Gasteiger partial charge in [-0.05, 0) is 40.5 Å². The topological polar surface area (TPSA) is 41.9 Å². The number of ether oxygens (including phenoxy) is 2. The number of rotatable bonds is 6. The minimum Gasteiger partial charge on any atom is -0.389 e. The number of β-amino-alcohol motifs (C(OH)–C–C–N with tert-alkyl or cyclic N) is 1. The molecule has 1 unspecified atom stereocenters. The smallest absolute Gasteiger partial charge is 0.0900 e. The van der Waals surface area contributed by atoms with Crippen molar-refractivity contribution >= 4 is 0 Å². The van der Waals surface area contributed by atoms with Crippen molar-refractivity contribution in [1.29, 1.82) is 0 Å². The van der Waals surface area contributed by atoms with Crippen molar-refractivity contribution in [3.63, 3.8) is 0 Å². The number of aliphatic hydroxyl groups excluding tert-OH is 1. The number of aliphatic hydroxyl groups is 1. The van der Waals surface area contributed by atoms with Gasteiger partial charge >= 0.3 is 0 Å².